The smallest absolute Gasteiger partial charge is 0.225 e. The molecular weight excluding hydrogens is 216 g/mol. The monoisotopic (exact) mass is 236 g/mol. The molecule has 1 fully saturated rings. The average molecular weight is 236 g/mol. The third kappa shape index (κ3) is 2.85. The van der Waals surface area contributed by atoms with Gasteiger partial charge >= 0.3 is 0 Å². The van der Waals surface area contributed by atoms with E-state index in [0.29, 0.717) is 0 Å². The van der Waals surface area contributed by atoms with Crippen molar-refractivity contribution in [3.05, 3.63) is 18.2 Å². The van der Waals surface area contributed by atoms with E-state index in [4.69, 9.17) is 5.73 Å². The lowest BCUT2D eigenvalue weighted by atomic mass is 9.84. The van der Waals surface area contributed by atoms with Crippen molar-refractivity contribution in [3.63, 3.8) is 0 Å². The first kappa shape index (κ1) is 12.1. The molecule has 1 aromatic rings. The molecule has 1 amide bonds. The molecule has 5 heteroatoms. The number of hydrogen-bond donors (Lipinski definition) is 3. The Balaban J connectivity index is 1.92. The molecule has 4 N–H and O–H groups in total. The van der Waals surface area contributed by atoms with Crippen molar-refractivity contribution in [2.75, 3.05) is 0 Å². The van der Waals surface area contributed by atoms with Crippen molar-refractivity contribution in [2.45, 2.75) is 44.7 Å². The molecule has 1 aromatic heterocycles. The van der Waals surface area contributed by atoms with Gasteiger partial charge in [0.05, 0.1) is 12.0 Å². The number of amides is 1. The Bertz CT molecular complexity index is 363. The van der Waals surface area contributed by atoms with Gasteiger partial charge in [-0.3, -0.25) is 4.79 Å². The minimum Gasteiger partial charge on any atom is -0.347 e. The molecule has 2 rings (SSSR count). The van der Waals surface area contributed by atoms with Crippen molar-refractivity contribution in [1.29, 1.82) is 0 Å². The van der Waals surface area contributed by atoms with Crippen LogP contribution in [0.15, 0.2) is 12.4 Å². The fourth-order valence-electron chi connectivity index (χ4n) is 2.39. The van der Waals surface area contributed by atoms with Gasteiger partial charge < -0.3 is 16.0 Å². The molecule has 1 aliphatic carbocycles. The van der Waals surface area contributed by atoms with Crippen LogP contribution in [0.3, 0.4) is 0 Å². The average Bonchev–Trinajstić information content (AvgIpc) is 2.82. The zero-order valence-electron chi connectivity index (χ0n) is 10.1. The fourth-order valence-corrected chi connectivity index (χ4v) is 2.39. The quantitative estimate of drug-likeness (QED) is 0.735. The van der Waals surface area contributed by atoms with Crippen LogP contribution in [0.1, 0.15) is 44.5 Å². The van der Waals surface area contributed by atoms with Crippen molar-refractivity contribution in [1.82, 2.24) is 15.3 Å². The Hall–Kier alpha value is -1.36. The molecule has 1 aliphatic rings. The summed E-state index contributed by atoms with van der Waals surface area (Å²) in [7, 11) is 0. The number of aromatic nitrogens is 2. The topological polar surface area (TPSA) is 83.8 Å². The van der Waals surface area contributed by atoms with Crippen LogP contribution in [0.5, 0.6) is 0 Å². The summed E-state index contributed by atoms with van der Waals surface area (Å²) >= 11 is 0. The van der Waals surface area contributed by atoms with Crippen LogP contribution < -0.4 is 11.1 Å². The van der Waals surface area contributed by atoms with Gasteiger partial charge in [0.25, 0.3) is 0 Å². The van der Waals surface area contributed by atoms with Crippen molar-refractivity contribution in [3.8, 4) is 0 Å². The predicted molar refractivity (Wildman–Crippen MR) is 65.1 cm³/mol. The molecule has 0 bridgehead atoms. The number of aromatic amines is 1. The Labute approximate surface area is 101 Å². The summed E-state index contributed by atoms with van der Waals surface area (Å²) in [6.45, 7) is 1.92. The van der Waals surface area contributed by atoms with Gasteiger partial charge in [0, 0.05) is 18.4 Å². The maximum absolute atomic E-state index is 12.1. The Morgan fingerprint density at radius 3 is 3.00 bits per heavy atom. The zero-order valence-corrected chi connectivity index (χ0v) is 10.1. The highest BCUT2D eigenvalue weighted by molar-refractivity contribution is 5.79. The van der Waals surface area contributed by atoms with E-state index in [1.54, 1.807) is 12.4 Å². The molecule has 94 valence electrons. The highest BCUT2D eigenvalue weighted by atomic mass is 16.2. The molecule has 3 atom stereocenters. The van der Waals surface area contributed by atoms with Crippen LogP contribution in [0, 0.1) is 5.92 Å². The summed E-state index contributed by atoms with van der Waals surface area (Å²) in [6, 6.07) is -0.0841. The van der Waals surface area contributed by atoms with Gasteiger partial charge in [-0.2, -0.15) is 0 Å². The predicted octanol–water partition coefficient (Wildman–Crippen LogP) is 1.10. The molecule has 5 nitrogen and oxygen atoms in total. The molecule has 1 heterocycles. The molecule has 0 radical (unpaired) electrons. The molecule has 0 saturated heterocycles. The lowest BCUT2D eigenvalue weighted by Gasteiger charge is -2.28. The highest BCUT2D eigenvalue weighted by Crippen LogP contribution is 2.23. The number of nitrogens with one attached hydrogen (secondary N) is 2. The number of carbonyl (C=O) groups is 1. The van der Waals surface area contributed by atoms with E-state index < -0.39 is 0 Å². The normalized spacial score (nSPS) is 26.5. The summed E-state index contributed by atoms with van der Waals surface area (Å²) in [4.78, 5) is 19.2. The van der Waals surface area contributed by atoms with E-state index in [0.717, 1.165) is 31.5 Å². The third-order valence-electron chi connectivity index (χ3n) is 3.44. The summed E-state index contributed by atoms with van der Waals surface area (Å²) in [5.41, 5.74) is 5.99. The van der Waals surface area contributed by atoms with E-state index in [1.807, 2.05) is 6.92 Å². The first-order valence-electron chi connectivity index (χ1n) is 6.23. The standard InChI is InChI=1S/C12H20N4O/c1-8(11-14-6-7-15-11)16-12(17)9-4-2-3-5-10(9)13/h6-10H,2-5,13H2,1H3,(H,14,15)(H,16,17). The number of carbonyl (C=O) groups excluding carboxylic acids is 1. The zero-order chi connectivity index (χ0) is 12.3. The molecule has 0 aliphatic heterocycles. The van der Waals surface area contributed by atoms with Gasteiger partial charge in [-0.25, -0.2) is 4.98 Å². The number of hydrogen-bond acceptors (Lipinski definition) is 3. The Kier molecular flexibility index (Phi) is 3.78. The SMILES string of the molecule is CC(NC(=O)C1CCCCC1N)c1ncc[nH]1. The van der Waals surface area contributed by atoms with Crippen LogP contribution >= 0.6 is 0 Å². The summed E-state index contributed by atoms with van der Waals surface area (Å²) in [5.74, 6) is 0.796. The first-order valence-corrected chi connectivity index (χ1v) is 6.23. The molecule has 17 heavy (non-hydrogen) atoms. The van der Waals surface area contributed by atoms with E-state index in [9.17, 15) is 4.79 Å². The largest absolute Gasteiger partial charge is 0.347 e. The van der Waals surface area contributed by atoms with Crippen LogP contribution in [-0.4, -0.2) is 21.9 Å². The van der Waals surface area contributed by atoms with Gasteiger partial charge in [0.2, 0.25) is 5.91 Å². The van der Waals surface area contributed by atoms with Gasteiger partial charge in [-0.15, -0.1) is 0 Å². The number of rotatable bonds is 3. The molecule has 1 saturated carbocycles. The van der Waals surface area contributed by atoms with E-state index in [1.165, 1.54) is 0 Å². The van der Waals surface area contributed by atoms with Gasteiger partial charge in [0.1, 0.15) is 5.82 Å². The second-order valence-corrected chi connectivity index (χ2v) is 4.76. The van der Waals surface area contributed by atoms with Crippen molar-refractivity contribution >= 4 is 5.91 Å². The van der Waals surface area contributed by atoms with Crippen molar-refractivity contribution < 1.29 is 4.79 Å². The van der Waals surface area contributed by atoms with Gasteiger partial charge in [-0.1, -0.05) is 12.8 Å². The minimum absolute atomic E-state index is 0.00699. The van der Waals surface area contributed by atoms with E-state index in [-0.39, 0.29) is 23.9 Å². The maximum Gasteiger partial charge on any atom is 0.225 e. The summed E-state index contributed by atoms with van der Waals surface area (Å²) < 4.78 is 0. The third-order valence-corrected chi connectivity index (χ3v) is 3.44. The van der Waals surface area contributed by atoms with Gasteiger partial charge in [0.15, 0.2) is 0 Å². The minimum atomic E-state index is -0.0911. The van der Waals surface area contributed by atoms with E-state index >= 15 is 0 Å². The first-order chi connectivity index (χ1) is 8.18. The fraction of sp³-hybridized carbons (Fsp3) is 0.667. The van der Waals surface area contributed by atoms with Crippen LogP contribution in [-0.2, 0) is 4.79 Å². The van der Waals surface area contributed by atoms with Crippen molar-refractivity contribution in [2.24, 2.45) is 11.7 Å². The molecule has 3 unspecified atom stereocenters. The van der Waals surface area contributed by atoms with Gasteiger partial charge in [-0.05, 0) is 19.8 Å². The number of H-pyrrole nitrogens is 1. The molecule has 0 aromatic carbocycles. The Morgan fingerprint density at radius 1 is 1.59 bits per heavy atom. The number of imidazole rings is 1. The highest BCUT2D eigenvalue weighted by Gasteiger charge is 2.29. The summed E-state index contributed by atoms with van der Waals surface area (Å²) in [6.07, 6.45) is 7.53. The second kappa shape index (κ2) is 5.31. The van der Waals surface area contributed by atoms with Crippen LogP contribution in [0.4, 0.5) is 0 Å². The molecular formula is C12H20N4O. The Morgan fingerprint density at radius 2 is 2.35 bits per heavy atom. The maximum atomic E-state index is 12.1. The lowest BCUT2D eigenvalue weighted by molar-refractivity contribution is -0.127. The summed E-state index contributed by atoms with van der Waals surface area (Å²) in [5, 5.41) is 2.97. The van der Waals surface area contributed by atoms with Crippen LogP contribution in [0.2, 0.25) is 0 Å². The lowest BCUT2D eigenvalue weighted by Crippen LogP contribution is -2.44. The second-order valence-electron chi connectivity index (χ2n) is 4.76. The van der Waals surface area contributed by atoms with E-state index in [2.05, 4.69) is 15.3 Å². The number of nitrogens with zero attached hydrogens (tertiary/aromatic N) is 1. The number of nitrogens with two attached hydrogens (primary N) is 1. The molecule has 0 spiro atoms. The van der Waals surface area contributed by atoms with Crippen LogP contribution in [0.25, 0.3) is 0 Å².